The van der Waals surface area contributed by atoms with Crippen molar-refractivity contribution in [3.8, 4) is 5.75 Å². The van der Waals surface area contributed by atoms with Gasteiger partial charge in [-0.05, 0) is 32.9 Å². The lowest BCUT2D eigenvalue weighted by molar-refractivity contribution is -0.153. The molecule has 0 atom stereocenters. The number of nitrogens with zero attached hydrogens (tertiary/aromatic N) is 2. The van der Waals surface area contributed by atoms with Crippen molar-refractivity contribution >= 4 is 35.9 Å². The van der Waals surface area contributed by atoms with Gasteiger partial charge >= 0.3 is 5.97 Å². The number of aliphatic imine (C=N–C) groups is 1. The number of esters is 1. The van der Waals surface area contributed by atoms with E-state index in [-0.39, 0.29) is 42.6 Å². The van der Waals surface area contributed by atoms with E-state index in [0.717, 1.165) is 37.6 Å². The number of carbonyl (C=O) groups excluding carboxylic acids is 1. The van der Waals surface area contributed by atoms with Crippen LogP contribution in [-0.2, 0) is 9.53 Å². The first-order valence-electron chi connectivity index (χ1n) is 8.76. The van der Waals surface area contributed by atoms with E-state index in [4.69, 9.17) is 9.47 Å². The summed E-state index contributed by atoms with van der Waals surface area (Å²) in [5, 5.41) is 3.09. The molecule has 1 heterocycles. The molecular formula is C19H30IN3O3. The van der Waals surface area contributed by atoms with Crippen molar-refractivity contribution in [3.05, 3.63) is 30.3 Å². The SMILES string of the molecule is CN=C(NCC(=O)OC(C)(C)C)N1CCC(Oc2ccccc2)CC1.I. The third-order valence-corrected chi connectivity index (χ3v) is 3.81. The number of likely N-dealkylation sites (tertiary alicyclic amines) is 1. The number of nitrogens with one attached hydrogen (secondary N) is 1. The quantitative estimate of drug-likeness (QED) is 0.314. The molecule has 0 radical (unpaired) electrons. The van der Waals surface area contributed by atoms with Crippen LogP contribution in [-0.4, -0.2) is 55.2 Å². The van der Waals surface area contributed by atoms with Gasteiger partial charge in [-0.15, -0.1) is 24.0 Å². The molecule has 2 rings (SSSR count). The van der Waals surface area contributed by atoms with Crippen molar-refractivity contribution in [3.63, 3.8) is 0 Å². The smallest absolute Gasteiger partial charge is 0.325 e. The van der Waals surface area contributed by atoms with Crippen LogP contribution in [0.4, 0.5) is 0 Å². The highest BCUT2D eigenvalue weighted by Crippen LogP contribution is 2.18. The Morgan fingerprint density at radius 2 is 1.85 bits per heavy atom. The van der Waals surface area contributed by atoms with Crippen LogP contribution < -0.4 is 10.1 Å². The molecular weight excluding hydrogens is 445 g/mol. The Morgan fingerprint density at radius 1 is 1.23 bits per heavy atom. The molecule has 0 aromatic heterocycles. The number of piperidine rings is 1. The normalized spacial score (nSPS) is 15.8. The lowest BCUT2D eigenvalue weighted by atomic mass is 10.1. The number of benzene rings is 1. The van der Waals surface area contributed by atoms with Gasteiger partial charge < -0.3 is 19.7 Å². The van der Waals surface area contributed by atoms with E-state index in [1.807, 2.05) is 51.1 Å². The summed E-state index contributed by atoms with van der Waals surface area (Å²) in [6, 6.07) is 9.90. The minimum atomic E-state index is -0.477. The van der Waals surface area contributed by atoms with E-state index >= 15 is 0 Å². The van der Waals surface area contributed by atoms with Crippen LogP contribution in [0.25, 0.3) is 0 Å². The van der Waals surface area contributed by atoms with Crippen LogP contribution in [0, 0.1) is 0 Å². The molecule has 1 fully saturated rings. The summed E-state index contributed by atoms with van der Waals surface area (Å²) in [5.74, 6) is 1.35. The summed E-state index contributed by atoms with van der Waals surface area (Å²) in [5.41, 5.74) is -0.477. The van der Waals surface area contributed by atoms with Gasteiger partial charge in [-0.1, -0.05) is 18.2 Å². The number of ether oxygens (including phenoxy) is 2. The van der Waals surface area contributed by atoms with Gasteiger partial charge in [0.25, 0.3) is 0 Å². The summed E-state index contributed by atoms with van der Waals surface area (Å²) >= 11 is 0. The van der Waals surface area contributed by atoms with E-state index in [1.165, 1.54) is 0 Å². The fraction of sp³-hybridized carbons (Fsp3) is 0.579. The molecule has 1 N–H and O–H groups in total. The number of para-hydroxylation sites is 1. The van der Waals surface area contributed by atoms with Crippen molar-refractivity contribution in [1.29, 1.82) is 0 Å². The van der Waals surface area contributed by atoms with E-state index < -0.39 is 5.60 Å². The number of carbonyl (C=O) groups is 1. The maximum Gasteiger partial charge on any atom is 0.325 e. The van der Waals surface area contributed by atoms with Crippen molar-refractivity contribution in [2.75, 3.05) is 26.7 Å². The van der Waals surface area contributed by atoms with Crippen LogP contribution in [0.15, 0.2) is 35.3 Å². The molecule has 1 aromatic rings. The molecule has 1 aromatic carbocycles. The van der Waals surface area contributed by atoms with E-state index in [2.05, 4.69) is 15.2 Å². The molecule has 7 heteroatoms. The minimum Gasteiger partial charge on any atom is -0.490 e. The number of rotatable bonds is 4. The third kappa shape index (κ3) is 7.80. The zero-order valence-electron chi connectivity index (χ0n) is 16.0. The van der Waals surface area contributed by atoms with Crippen LogP contribution in [0.5, 0.6) is 5.75 Å². The van der Waals surface area contributed by atoms with E-state index in [1.54, 1.807) is 7.05 Å². The second kappa shape index (κ2) is 10.6. The first-order chi connectivity index (χ1) is 11.9. The Kier molecular flexibility index (Phi) is 9.18. The number of halogens is 1. The third-order valence-electron chi connectivity index (χ3n) is 3.81. The second-order valence-electron chi connectivity index (χ2n) is 7.10. The molecule has 1 aliphatic heterocycles. The van der Waals surface area contributed by atoms with Gasteiger partial charge in [0.05, 0.1) is 0 Å². The highest BCUT2D eigenvalue weighted by atomic mass is 127. The van der Waals surface area contributed by atoms with Gasteiger partial charge in [0.1, 0.15) is 24.0 Å². The zero-order chi connectivity index (χ0) is 18.3. The summed E-state index contributed by atoms with van der Waals surface area (Å²) in [4.78, 5) is 18.3. The molecule has 0 bridgehead atoms. The Hall–Kier alpha value is -1.51. The molecule has 0 spiro atoms. The zero-order valence-corrected chi connectivity index (χ0v) is 18.4. The van der Waals surface area contributed by atoms with Gasteiger partial charge in [0.2, 0.25) is 0 Å². The van der Waals surface area contributed by atoms with Gasteiger partial charge in [-0.3, -0.25) is 9.79 Å². The Morgan fingerprint density at radius 3 is 2.38 bits per heavy atom. The molecule has 1 saturated heterocycles. The highest BCUT2D eigenvalue weighted by Gasteiger charge is 2.23. The average Bonchev–Trinajstić information content (AvgIpc) is 2.56. The molecule has 6 nitrogen and oxygen atoms in total. The standard InChI is InChI=1S/C19H29N3O3.HI/c1-19(2,3)25-17(23)14-21-18(20-4)22-12-10-16(11-13-22)24-15-8-6-5-7-9-15;/h5-9,16H,10-14H2,1-4H3,(H,20,21);1H. The van der Waals surface area contributed by atoms with Crippen LogP contribution in [0.2, 0.25) is 0 Å². The molecule has 0 saturated carbocycles. The number of hydrogen-bond acceptors (Lipinski definition) is 4. The summed E-state index contributed by atoms with van der Waals surface area (Å²) < 4.78 is 11.3. The monoisotopic (exact) mass is 475 g/mol. The molecule has 1 aliphatic rings. The van der Waals surface area contributed by atoms with Gasteiger partial charge in [-0.2, -0.15) is 0 Å². The molecule has 0 amide bonds. The summed E-state index contributed by atoms with van der Waals surface area (Å²) in [6.45, 7) is 7.37. The topological polar surface area (TPSA) is 63.2 Å². The van der Waals surface area contributed by atoms with Crippen LogP contribution in [0.1, 0.15) is 33.6 Å². The fourth-order valence-corrected chi connectivity index (χ4v) is 2.74. The predicted octanol–water partition coefficient (Wildman–Crippen LogP) is 3.06. The van der Waals surface area contributed by atoms with Gasteiger partial charge in [-0.25, -0.2) is 0 Å². The van der Waals surface area contributed by atoms with Crippen LogP contribution in [0.3, 0.4) is 0 Å². The predicted molar refractivity (Wildman–Crippen MR) is 114 cm³/mol. The molecule has 146 valence electrons. The fourth-order valence-electron chi connectivity index (χ4n) is 2.74. The highest BCUT2D eigenvalue weighted by molar-refractivity contribution is 14.0. The van der Waals surface area contributed by atoms with Crippen molar-refractivity contribution < 1.29 is 14.3 Å². The van der Waals surface area contributed by atoms with E-state index in [9.17, 15) is 4.79 Å². The maximum absolute atomic E-state index is 11.8. The molecule has 26 heavy (non-hydrogen) atoms. The lowest BCUT2D eigenvalue weighted by Crippen LogP contribution is -2.49. The Bertz CT molecular complexity index is 579. The largest absolute Gasteiger partial charge is 0.490 e. The lowest BCUT2D eigenvalue weighted by Gasteiger charge is -2.34. The molecule has 0 aliphatic carbocycles. The molecule has 0 unspecified atom stereocenters. The van der Waals surface area contributed by atoms with Gasteiger partial charge in [0, 0.05) is 33.0 Å². The second-order valence-corrected chi connectivity index (χ2v) is 7.10. The summed E-state index contributed by atoms with van der Waals surface area (Å²) in [6.07, 6.45) is 2.05. The first kappa shape index (κ1) is 22.5. The van der Waals surface area contributed by atoms with E-state index in [0.29, 0.717) is 0 Å². The van der Waals surface area contributed by atoms with Crippen molar-refractivity contribution in [2.45, 2.75) is 45.3 Å². The average molecular weight is 475 g/mol. The number of hydrogen-bond donors (Lipinski definition) is 1. The van der Waals surface area contributed by atoms with Crippen molar-refractivity contribution in [2.24, 2.45) is 4.99 Å². The van der Waals surface area contributed by atoms with Crippen LogP contribution >= 0.6 is 24.0 Å². The summed E-state index contributed by atoms with van der Waals surface area (Å²) in [7, 11) is 1.73. The Balaban J connectivity index is 0.00000338. The van der Waals surface area contributed by atoms with Crippen molar-refractivity contribution in [1.82, 2.24) is 10.2 Å². The maximum atomic E-state index is 11.8. The first-order valence-corrected chi connectivity index (χ1v) is 8.76. The number of guanidine groups is 1. The Labute approximate surface area is 173 Å². The van der Waals surface area contributed by atoms with Gasteiger partial charge in [0.15, 0.2) is 5.96 Å². The minimum absolute atomic E-state index is 0.